The van der Waals surface area contributed by atoms with E-state index in [9.17, 15) is 19.1 Å². The van der Waals surface area contributed by atoms with Gasteiger partial charge >= 0.3 is 0 Å². The van der Waals surface area contributed by atoms with Crippen LogP contribution in [0, 0.1) is 12.7 Å². The lowest BCUT2D eigenvalue weighted by Crippen LogP contribution is -2.32. The molecule has 0 aliphatic carbocycles. The van der Waals surface area contributed by atoms with E-state index in [-0.39, 0.29) is 30.0 Å². The van der Waals surface area contributed by atoms with Gasteiger partial charge < -0.3 is 19.5 Å². The number of methoxy groups -OCH3 is 2. The van der Waals surface area contributed by atoms with E-state index in [0.717, 1.165) is 0 Å². The topological polar surface area (TPSA) is 76.1 Å². The molecule has 0 aromatic heterocycles. The Morgan fingerprint density at radius 3 is 2.55 bits per heavy atom. The van der Waals surface area contributed by atoms with Gasteiger partial charge in [0.1, 0.15) is 17.3 Å². The third-order valence-corrected chi connectivity index (χ3v) is 4.94. The van der Waals surface area contributed by atoms with Gasteiger partial charge in [-0.25, -0.2) is 4.39 Å². The summed E-state index contributed by atoms with van der Waals surface area (Å²) < 4.78 is 24.2. The number of para-hydroxylation sites is 1. The maximum Gasteiger partial charge on any atom is 0.295 e. The van der Waals surface area contributed by atoms with Crippen LogP contribution in [0.3, 0.4) is 0 Å². The minimum Gasteiger partial charge on any atom is -0.507 e. The summed E-state index contributed by atoms with van der Waals surface area (Å²) in [6.45, 7) is 1.93. The molecule has 2 aromatic carbocycles. The number of hydrogen-bond donors (Lipinski definition) is 1. The first-order valence-corrected chi connectivity index (χ1v) is 9.07. The average molecular weight is 399 g/mol. The minimum absolute atomic E-state index is 0.0680. The Morgan fingerprint density at radius 2 is 1.90 bits per heavy atom. The molecule has 29 heavy (non-hydrogen) atoms. The zero-order valence-electron chi connectivity index (χ0n) is 16.4. The Hall–Kier alpha value is -3.19. The molecule has 152 valence electrons. The third kappa shape index (κ3) is 3.73. The van der Waals surface area contributed by atoms with Crippen LogP contribution in [-0.4, -0.2) is 49.1 Å². The molecular formula is C22H22FNO5. The molecule has 1 fully saturated rings. The predicted octanol–water partition coefficient (Wildman–Crippen LogP) is 3.21. The molecule has 1 aliphatic heterocycles. The zero-order valence-corrected chi connectivity index (χ0v) is 16.4. The van der Waals surface area contributed by atoms with Gasteiger partial charge in [-0.1, -0.05) is 18.2 Å². The number of aliphatic hydroxyl groups excluding tert-OH is 1. The summed E-state index contributed by atoms with van der Waals surface area (Å²) in [5.74, 6) is -1.86. The first kappa shape index (κ1) is 20.5. The van der Waals surface area contributed by atoms with E-state index < -0.39 is 23.5 Å². The van der Waals surface area contributed by atoms with Crippen molar-refractivity contribution >= 4 is 17.4 Å². The van der Waals surface area contributed by atoms with Crippen LogP contribution in [-0.2, 0) is 14.3 Å². The van der Waals surface area contributed by atoms with Crippen molar-refractivity contribution in [1.82, 2.24) is 4.90 Å². The van der Waals surface area contributed by atoms with E-state index in [4.69, 9.17) is 9.47 Å². The molecule has 1 unspecified atom stereocenters. The Bertz CT molecular complexity index is 985. The van der Waals surface area contributed by atoms with Crippen molar-refractivity contribution in [3.05, 3.63) is 70.5 Å². The van der Waals surface area contributed by atoms with Crippen LogP contribution in [0.5, 0.6) is 5.75 Å². The van der Waals surface area contributed by atoms with Crippen molar-refractivity contribution in [3.63, 3.8) is 0 Å². The number of amides is 1. The number of likely N-dealkylation sites (tertiary alicyclic amines) is 1. The van der Waals surface area contributed by atoms with Crippen molar-refractivity contribution < 1.29 is 28.6 Å². The van der Waals surface area contributed by atoms with E-state index in [2.05, 4.69) is 0 Å². The number of Topliss-reactive ketones (excluding diaryl/α,β-unsaturated/α-hetero) is 1. The molecule has 7 heteroatoms. The standard InChI is InChI=1S/C22H22FNO5/c1-13-12-14(8-9-16(13)23)20(25)18-19(15-6-4-5-7-17(15)29-3)24(10-11-28-2)22(27)21(18)26/h4-9,12,19,25H,10-11H2,1-3H3/b20-18+. The van der Waals surface area contributed by atoms with Crippen LogP contribution in [0.25, 0.3) is 5.76 Å². The highest BCUT2D eigenvalue weighted by Crippen LogP contribution is 2.42. The number of aliphatic hydroxyl groups is 1. The second kappa shape index (κ2) is 8.45. The van der Waals surface area contributed by atoms with Gasteiger partial charge in [-0.15, -0.1) is 0 Å². The van der Waals surface area contributed by atoms with Crippen LogP contribution in [0.15, 0.2) is 48.0 Å². The van der Waals surface area contributed by atoms with E-state index >= 15 is 0 Å². The van der Waals surface area contributed by atoms with Crippen LogP contribution < -0.4 is 4.74 Å². The first-order valence-electron chi connectivity index (χ1n) is 9.07. The van der Waals surface area contributed by atoms with Gasteiger partial charge in [0, 0.05) is 24.8 Å². The SMILES string of the molecule is COCCN1C(=O)C(=O)/C(=C(/O)c2ccc(F)c(C)c2)C1c1ccccc1OC. The fourth-order valence-electron chi connectivity index (χ4n) is 3.46. The lowest BCUT2D eigenvalue weighted by molar-refractivity contribution is -0.140. The molecule has 1 amide bonds. The van der Waals surface area contributed by atoms with Crippen LogP contribution >= 0.6 is 0 Å². The number of hydrogen-bond acceptors (Lipinski definition) is 5. The van der Waals surface area contributed by atoms with Crippen molar-refractivity contribution in [1.29, 1.82) is 0 Å². The van der Waals surface area contributed by atoms with E-state index in [0.29, 0.717) is 16.9 Å². The molecule has 0 bridgehead atoms. The second-order valence-electron chi connectivity index (χ2n) is 6.69. The molecule has 1 N–H and O–H groups in total. The number of rotatable bonds is 6. The molecule has 1 atom stereocenters. The fourth-order valence-corrected chi connectivity index (χ4v) is 3.46. The Balaban J connectivity index is 2.22. The number of carbonyl (C=O) groups is 2. The second-order valence-corrected chi connectivity index (χ2v) is 6.69. The molecular weight excluding hydrogens is 377 g/mol. The number of halogens is 1. The lowest BCUT2D eigenvalue weighted by Gasteiger charge is -2.26. The summed E-state index contributed by atoms with van der Waals surface area (Å²) in [6, 6.07) is 10.2. The molecule has 2 aromatic rings. The highest BCUT2D eigenvalue weighted by Gasteiger charge is 2.46. The Labute approximate surface area is 168 Å². The van der Waals surface area contributed by atoms with Gasteiger partial charge in [0.15, 0.2) is 0 Å². The molecule has 0 saturated carbocycles. The van der Waals surface area contributed by atoms with Crippen LogP contribution in [0.1, 0.15) is 22.7 Å². The van der Waals surface area contributed by atoms with Crippen molar-refractivity contribution in [3.8, 4) is 5.75 Å². The third-order valence-electron chi connectivity index (χ3n) is 4.94. The molecule has 1 aliphatic rings. The maximum absolute atomic E-state index is 13.7. The Kier molecular flexibility index (Phi) is 5.98. The summed E-state index contributed by atoms with van der Waals surface area (Å²) in [4.78, 5) is 27.0. The summed E-state index contributed by atoms with van der Waals surface area (Å²) in [7, 11) is 2.99. The quantitative estimate of drug-likeness (QED) is 0.459. The largest absolute Gasteiger partial charge is 0.507 e. The van der Waals surface area contributed by atoms with Gasteiger partial charge in [0.25, 0.3) is 11.7 Å². The minimum atomic E-state index is -0.855. The van der Waals surface area contributed by atoms with Gasteiger partial charge in [0.2, 0.25) is 0 Å². The fraction of sp³-hybridized carbons (Fsp3) is 0.273. The number of ketones is 1. The van der Waals surface area contributed by atoms with Crippen molar-refractivity contribution in [2.45, 2.75) is 13.0 Å². The number of benzene rings is 2. The molecule has 6 nitrogen and oxygen atoms in total. The van der Waals surface area contributed by atoms with E-state index in [1.165, 1.54) is 37.3 Å². The number of aryl methyl sites for hydroxylation is 1. The molecule has 1 heterocycles. The normalized spacial score (nSPS) is 18.3. The molecule has 1 saturated heterocycles. The van der Waals surface area contributed by atoms with Gasteiger partial charge in [-0.2, -0.15) is 0 Å². The smallest absolute Gasteiger partial charge is 0.295 e. The van der Waals surface area contributed by atoms with E-state index in [1.807, 2.05) is 0 Å². The van der Waals surface area contributed by atoms with Gasteiger partial charge in [-0.05, 0) is 36.8 Å². The highest BCUT2D eigenvalue weighted by atomic mass is 19.1. The number of ether oxygens (including phenoxy) is 2. The van der Waals surface area contributed by atoms with Gasteiger partial charge in [-0.3, -0.25) is 9.59 Å². The van der Waals surface area contributed by atoms with E-state index in [1.54, 1.807) is 31.2 Å². The summed E-state index contributed by atoms with van der Waals surface area (Å²) in [5.41, 5.74) is 1.07. The molecule has 0 spiro atoms. The van der Waals surface area contributed by atoms with Crippen molar-refractivity contribution in [2.24, 2.45) is 0 Å². The van der Waals surface area contributed by atoms with Crippen LogP contribution in [0.2, 0.25) is 0 Å². The molecule has 0 radical (unpaired) electrons. The number of nitrogens with zero attached hydrogens (tertiary/aromatic N) is 1. The summed E-state index contributed by atoms with van der Waals surface area (Å²) in [5, 5.41) is 10.9. The number of carbonyl (C=O) groups excluding carboxylic acids is 2. The summed E-state index contributed by atoms with van der Waals surface area (Å²) >= 11 is 0. The van der Waals surface area contributed by atoms with Crippen LogP contribution in [0.4, 0.5) is 4.39 Å². The maximum atomic E-state index is 13.7. The van der Waals surface area contributed by atoms with Crippen molar-refractivity contribution in [2.75, 3.05) is 27.4 Å². The van der Waals surface area contributed by atoms with Gasteiger partial charge in [0.05, 0.1) is 25.3 Å². The lowest BCUT2D eigenvalue weighted by atomic mass is 9.94. The summed E-state index contributed by atoms with van der Waals surface area (Å²) in [6.07, 6.45) is 0. The highest BCUT2D eigenvalue weighted by molar-refractivity contribution is 6.46. The first-order chi connectivity index (χ1) is 13.9. The monoisotopic (exact) mass is 399 g/mol. The average Bonchev–Trinajstić information content (AvgIpc) is 2.98. The predicted molar refractivity (Wildman–Crippen MR) is 105 cm³/mol. The zero-order chi connectivity index (χ0) is 21.1. The molecule has 3 rings (SSSR count). The Morgan fingerprint density at radius 1 is 1.17 bits per heavy atom.